The number of rotatable bonds is 0. The monoisotopic (exact) mass is 156 g/mol. The molecule has 0 aliphatic heterocycles. The number of imidazole rings is 1. The summed E-state index contributed by atoms with van der Waals surface area (Å²) in [7, 11) is 2.00. The molecular formula is C7H12N2O2. The molecule has 1 aromatic rings. The lowest BCUT2D eigenvalue weighted by atomic mass is 10.6. The van der Waals surface area contributed by atoms with Gasteiger partial charge in [-0.2, -0.15) is 0 Å². The van der Waals surface area contributed by atoms with E-state index in [0.717, 1.165) is 11.5 Å². The zero-order chi connectivity index (χ0) is 8.85. The van der Waals surface area contributed by atoms with Crippen LogP contribution in [0, 0.1) is 13.8 Å². The lowest BCUT2D eigenvalue weighted by Crippen LogP contribution is -1.86. The summed E-state index contributed by atoms with van der Waals surface area (Å²) in [6, 6.07) is 0. The lowest BCUT2D eigenvalue weighted by molar-refractivity contribution is -0.122. The van der Waals surface area contributed by atoms with E-state index in [1.807, 2.05) is 31.7 Å². The zero-order valence-corrected chi connectivity index (χ0v) is 6.90. The van der Waals surface area contributed by atoms with Crippen molar-refractivity contribution in [2.45, 2.75) is 13.8 Å². The Hall–Kier alpha value is -1.32. The van der Waals surface area contributed by atoms with Gasteiger partial charge in [0.1, 0.15) is 5.82 Å². The number of hydrogen-bond acceptors (Lipinski definition) is 2. The topological polar surface area (TPSA) is 55.1 Å². The first kappa shape index (κ1) is 9.68. The van der Waals surface area contributed by atoms with E-state index in [1.165, 1.54) is 0 Å². The van der Waals surface area contributed by atoms with Crippen LogP contribution in [0.2, 0.25) is 0 Å². The van der Waals surface area contributed by atoms with E-state index in [1.54, 1.807) is 0 Å². The highest BCUT2D eigenvalue weighted by Crippen LogP contribution is 1.95. The Bertz CT molecular complexity index is 211. The lowest BCUT2D eigenvalue weighted by Gasteiger charge is -1.87. The summed E-state index contributed by atoms with van der Waals surface area (Å²) in [6.45, 7) is 3.74. The van der Waals surface area contributed by atoms with E-state index in [9.17, 15) is 0 Å². The van der Waals surface area contributed by atoms with E-state index in [4.69, 9.17) is 9.90 Å². The van der Waals surface area contributed by atoms with Crippen molar-refractivity contribution in [1.29, 1.82) is 0 Å². The standard InChI is InChI=1S/C6H10N2.CH2O2/c1-5-4-8(3)6(2)7-5;2-1-3/h4H,1-3H3;1H,(H,2,3). The molecule has 1 N–H and O–H groups in total. The van der Waals surface area contributed by atoms with Gasteiger partial charge in [0, 0.05) is 13.2 Å². The molecule has 1 heterocycles. The quantitative estimate of drug-likeness (QED) is 0.563. The molecule has 0 atom stereocenters. The minimum atomic E-state index is -0.250. The average molecular weight is 156 g/mol. The van der Waals surface area contributed by atoms with Gasteiger partial charge in [0.2, 0.25) is 0 Å². The number of nitrogens with zero attached hydrogens (tertiary/aromatic N) is 2. The predicted molar refractivity (Wildman–Crippen MR) is 41.4 cm³/mol. The van der Waals surface area contributed by atoms with Crippen molar-refractivity contribution in [1.82, 2.24) is 9.55 Å². The summed E-state index contributed by atoms with van der Waals surface area (Å²) < 4.78 is 2.01. The van der Waals surface area contributed by atoms with Gasteiger partial charge in [0.05, 0.1) is 5.69 Å². The van der Waals surface area contributed by atoms with Crippen molar-refractivity contribution < 1.29 is 9.90 Å². The molecule has 4 nitrogen and oxygen atoms in total. The first-order chi connectivity index (χ1) is 5.11. The van der Waals surface area contributed by atoms with Crippen LogP contribution in [-0.2, 0) is 11.8 Å². The maximum Gasteiger partial charge on any atom is 0.290 e. The number of carboxylic acid groups (broad SMARTS) is 1. The molecule has 1 aromatic heterocycles. The second kappa shape index (κ2) is 4.49. The number of aryl methyl sites for hydroxylation is 3. The molecule has 0 amide bonds. The van der Waals surface area contributed by atoms with E-state index in [2.05, 4.69) is 4.98 Å². The highest BCUT2D eigenvalue weighted by Gasteiger charge is 1.91. The molecule has 0 saturated carbocycles. The third-order valence-corrected chi connectivity index (χ3v) is 1.23. The molecule has 0 radical (unpaired) electrons. The molecule has 0 saturated heterocycles. The number of carbonyl (C=O) groups is 1. The maximum absolute atomic E-state index is 8.36. The Morgan fingerprint density at radius 3 is 2.18 bits per heavy atom. The van der Waals surface area contributed by atoms with Crippen molar-refractivity contribution in [3.05, 3.63) is 17.7 Å². The maximum atomic E-state index is 8.36. The molecule has 1 rings (SSSR count). The van der Waals surface area contributed by atoms with Gasteiger partial charge < -0.3 is 9.67 Å². The van der Waals surface area contributed by atoms with Crippen LogP contribution >= 0.6 is 0 Å². The summed E-state index contributed by atoms with van der Waals surface area (Å²) in [5.41, 5.74) is 1.09. The van der Waals surface area contributed by atoms with E-state index in [0.29, 0.717) is 0 Å². The molecule has 0 aliphatic rings. The van der Waals surface area contributed by atoms with Gasteiger partial charge in [-0.1, -0.05) is 0 Å². The van der Waals surface area contributed by atoms with Crippen LogP contribution < -0.4 is 0 Å². The molecule has 0 unspecified atom stereocenters. The van der Waals surface area contributed by atoms with Crippen molar-refractivity contribution in [2.75, 3.05) is 0 Å². The Kier molecular flexibility index (Phi) is 3.95. The SMILES string of the molecule is Cc1cn(C)c(C)n1.O=CO. The Morgan fingerprint density at radius 1 is 1.64 bits per heavy atom. The highest BCUT2D eigenvalue weighted by atomic mass is 16.3. The van der Waals surface area contributed by atoms with Gasteiger partial charge in [-0.25, -0.2) is 4.98 Å². The van der Waals surface area contributed by atoms with Gasteiger partial charge in [-0.15, -0.1) is 0 Å². The molecule has 62 valence electrons. The van der Waals surface area contributed by atoms with Crippen LogP contribution in [0.15, 0.2) is 6.20 Å². The minimum Gasteiger partial charge on any atom is -0.483 e. The number of aromatic nitrogens is 2. The van der Waals surface area contributed by atoms with Crippen LogP contribution in [0.5, 0.6) is 0 Å². The summed E-state index contributed by atoms with van der Waals surface area (Å²) in [5.74, 6) is 1.07. The van der Waals surface area contributed by atoms with Gasteiger partial charge in [-0.3, -0.25) is 4.79 Å². The fourth-order valence-corrected chi connectivity index (χ4v) is 0.737. The second-order valence-electron chi connectivity index (χ2n) is 2.15. The third-order valence-electron chi connectivity index (χ3n) is 1.23. The summed E-state index contributed by atoms with van der Waals surface area (Å²) in [4.78, 5) is 12.5. The van der Waals surface area contributed by atoms with Crippen molar-refractivity contribution in [2.24, 2.45) is 7.05 Å². The molecule has 11 heavy (non-hydrogen) atoms. The van der Waals surface area contributed by atoms with Gasteiger partial charge in [-0.05, 0) is 13.8 Å². The summed E-state index contributed by atoms with van der Waals surface area (Å²) in [6.07, 6.45) is 2.01. The Balaban J connectivity index is 0.000000292. The van der Waals surface area contributed by atoms with E-state index in [-0.39, 0.29) is 6.47 Å². The molecular weight excluding hydrogens is 144 g/mol. The molecule has 0 fully saturated rings. The van der Waals surface area contributed by atoms with Gasteiger partial charge in [0.25, 0.3) is 6.47 Å². The fraction of sp³-hybridized carbons (Fsp3) is 0.429. The molecule has 0 aliphatic carbocycles. The molecule has 0 spiro atoms. The van der Waals surface area contributed by atoms with Crippen LogP contribution in [0.25, 0.3) is 0 Å². The minimum absolute atomic E-state index is 0.250. The summed E-state index contributed by atoms with van der Waals surface area (Å²) in [5, 5.41) is 6.89. The van der Waals surface area contributed by atoms with E-state index >= 15 is 0 Å². The summed E-state index contributed by atoms with van der Waals surface area (Å²) >= 11 is 0. The van der Waals surface area contributed by atoms with Crippen molar-refractivity contribution in [3.63, 3.8) is 0 Å². The second-order valence-corrected chi connectivity index (χ2v) is 2.15. The third kappa shape index (κ3) is 3.40. The molecule has 0 aromatic carbocycles. The molecule has 4 heteroatoms. The van der Waals surface area contributed by atoms with Gasteiger partial charge in [0.15, 0.2) is 0 Å². The van der Waals surface area contributed by atoms with Crippen LogP contribution in [-0.4, -0.2) is 21.1 Å². The normalized spacial score (nSPS) is 8.27. The average Bonchev–Trinajstić information content (AvgIpc) is 2.12. The highest BCUT2D eigenvalue weighted by molar-refractivity contribution is 5.32. The first-order valence-electron chi connectivity index (χ1n) is 3.16. The first-order valence-corrected chi connectivity index (χ1v) is 3.16. The predicted octanol–water partition coefficient (Wildman–Crippen LogP) is 0.738. The van der Waals surface area contributed by atoms with Crippen LogP contribution in [0.4, 0.5) is 0 Å². The van der Waals surface area contributed by atoms with E-state index < -0.39 is 0 Å². The van der Waals surface area contributed by atoms with Crippen molar-refractivity contribution in [3.8, 4) is 0 Å². The van der Waals surface area contributed by atoms with Crippen LogP contribution in [0.1, 0.15) is 11.5 Å². The Morgan fingerprint density at radius 2 is 2.09 bits per heavy atom. The Labute approximate surface area is 65.5 Å². The largest absolute Gasteiger partial charge is 0.483 e. The smallest absolute Gasteiger partial charge is 0.290 e. The fourth-order valence-electron chi connectivity index (χ4n) is 0.737. The molecule has 0 bridgehead atoms. The van der Waals surface area contributed by atoms with Gasteiger partial charge >= 0.3 is 0 Å². The van der Waals surface area contributed by atoms with Crippen LogP contribution in [0.3, 0.4) is 0 Å². The van der Waals surface area contributed by atoms with Crippen molar-refractivity contribution >= 4 is 6.47 Å². The zero-order valence-electron chi connectivity index (χ0n) is 6.90. The number of hydrogen-bond donors (Lipinski definition) is 1.